The topological polar surface area (TPSA) is 130 Å². The highest BCUT2D eigenvalue weighted by molar-refractivity contribution is 6.17. The van der Waals surface area contributed by atoms with Crippen molar-refractivity contribution in [3.63, 3.8) is 0 Å². The van der Waals surface area contributed by atoms with E-state index in [4.69, 9.17) is 30.6 Å². The van der Waals surface area contributed by atoms with Gasteiger partial charge in [-0.3, -0.25) is 0 Å². The summed E-state index contributed by atoms with van der Waals surface area (Å²) >= 11 is 5.67. The summed E-state index contributed by atoms with van der Waals surface area (Å²) in [7, 11) is 0. The van der Waals surface area contributed by atoms with Gasteiger partial charge in [0.15, 0.2) is 17.1 Å². The Morgan fingerprint density at radius 3 is 2.48 bits per heavy atom. The Morgan fingerprint density at radius 2 is 1.85 bits per heavy atom. The lowest BCUT2D eigenvalue weighted by Crippen LogP contribution is -2.60. The third-order valence-corrected chi connectivity index (χ3v) is 4.49. The normalized spacial score (nSPS) is 28.5. The lowest BCUT2D eigenvalue weighted by atomic mass is 9.99. The molecule has 1 saturated heterocycles. The summed E-state index contributed by atoms with van der Waals surface area (Å²) in [5, 5.41) is 38.4. The Labute approximate surface area is 155 Å². The van der Waals surface area contributed by atoms with E-state index in [1.165, 1.54) is 0 Å². The van der Waals surface area contributed by atoms with E-state index in [9.17, 15) is 28.9 Å². The zero-order valence-electron chi connectivity index (χ0n) is 13.5. The maximum absolute atomic E-state index is 14.7. The number of rotatable bonds is 4. The highest BCUT2D eigenvalue weighted by atomic mass is 35.5. The van der Waals surface area contributed by atoms with Crippen LogP contribution in [-0.4, -0.2) is 57.7 Å². The van der Waals surface area contributed by atoms with Crippen LogP contribution in [0.3, 0.4) is 0 Å². The van der Waals surface area contributed by atoms with Gasteiger partial charge in [0.1, 0.15) is 24.4 Å². The molecule has 1 aliphatic heterocycles. The van der Waals surface area contributed by atoms with Gasteiger partial charge in [-0.1, -0.05) is 0 Å². The minimum absolute atomic E-state index is 0.0826. The number of fused-ring (bicyclic) bond motifs is 1. The van der Waals surface area contributed by atoms with Crippen molar-refractivity contribution < 1.29 is 43.1 Å². The molecule has 1 aromatic heterocycles. The molecule has 0 amide bonds. The lowest BCUT2D eigenvalue weighted by molar-refractivity contribution is -0.278. The Morgan fingerprint density at radius 1 is 1.15 bits per heavy atom. The molecule has 2 heterocycles. The van der Waals surface area contributed by atoms with Crippen molar-refractivity contribution in [1.29, 1.82) is 0 Å². The highest BCUT2D eigenvalue weighted by Crippen LogP contribution is 2.33. The summed E-state index contributed by atoms with van der Waals surface area (Å²) in [5.41, 5.74) is -1.39. The number of hydrogen-bond donors (Lipinski definition) is 4. The van der Waals surface area contributed by atoms with E-state index < -0.39 is 65.9 Å². The summed E-state index contributed by atoms with van der Waals surface area (Å²) in [6.07, 6.45) is -8.49. The summed E-state index contributed by atoms with van der Waals surface area (Å²) in [5.74, 6) is -3.83. The van der Waals surface area contributed by atoms with Crippen molar-refractivity contribution in [2.45, 2.75) is 36.6 Å². The molecule has 148 valence electrons. The minimum atomic E-state index is -1.88. The number of benzene rings is 1. The van der Waals surface area contributed by atoms with Crippen LogP contribution in [0.2, 0.25) is 0 Å². The van der Waals surface area contributed by atoms with E-state index >= 15 is 0 Å². The summed E-state index contributed by atoms with van der Waals surface area (Å²) in [6.45, 7) is -0.749. The molecule has 0 bridgehead atoms. The Balaban J connectivity index is 2.03. The SMILES string of the molecule is O=c1cc(CCl)c2cc(F)c(OC3OC(CO)C(O)C(O)C3O)c(F)c2o1. The van der Waals surface area contributed by atoms with Crippen molar-refractivity contribution >= 4 is 22.6 Å². The van der Waals surface area contributed by atoms with Crippen molar-refractivity contribution in [3.05, 3.63) is 39.8 Å². The van der Waals surface area contributed by atoms with Crippen LogP contribution in [0, 0.1) is 11.6 Å². The smallest absolute Gasteiger partial charge is 0.336 e. The Kier molecular flexibility index (Phi) is 5.65. The van der Waals surface area contributed by atoms with E-state index in [-0.39, 0.29) is 16.8 Å². The largest absolute Gasteiger partial charge is 0.456 e. The molecular formula is C16H15ClF2O8. The molecule has 1 fully saturated rings. The van der Waals surface area contributed by atoms with Crippen LogP contribution in [0.25, 0.3) is 11.0 Å². The predicted molar refractivity (Wildman–Crippen MR) is 86.4 cm³/mol. The molecular weight excluding hydrogens is 394 g/mol. The molecule has 11 heteroatoms. The Hall–Kier alpha value is -1.82. The van der Waals surface area contributed by atoms with Crippen LogP contribution < -0.4 is 10.4 Å². The molecule has 3 rings (SSSR count). The monoisotopic (exact) mass is 408 g/mol. The summed E-state index contributed by atoms with van der Waals surface area (Å²) in [6, 6.07) is 1.82. The fraction of sp³-hybridized carbons (Fsp3) is 0.438. The first kappa shape index (κ1) is 19.9. The molecule has 0 saturated carbocycles. The van der Waals surface area contributed by atoms with Crippen LogP contribution in [0.15, 0.2) is 21.3 Å². The van der Waals surface area contributed by atoms with Gasteiger partial charge in [-0.2, -0.15) is 4.39 Å². The van der Waals surface area contributed by atoms with Crippen molar-refractivity contribution in [2.75, 3.05) is 6.61 Å². The van der Waals surface area contributed by atoms with Gasteiger partial charge in [-0.15, -0.1) is 11.6 Å². The molecule has 1 aliphatic rings. The molecule has 0 aliphatic carbocycles. The molecule has 1 aromatic carbocycles. The van der Waals surface area contributed by atoms with E-state index in [0.717, 1.165) is 12.1 Å². The van der Waals surface area contributed by atoms with Gasteiger partial charge in [-0.05, 0) is 11.6 Å². The first-order valence-corrected chi connectivity index (χ1v) is 8.29. The standard InChI is InChI=1S/C16H15ClF2O8/c17-3-5-1-9(21)26-14-6(5)2-7(18)15(10(14)19)27-16-13(24)12(23)11(22)8(4-20)25-16/h1-2,8,11-13,16,20,22-24H,3-4H2. The maximum Gasteiger partial charge on any atom is 0.336 e. The fourth-order valence-corrected chi connectivity index (χ4v) is 2.99. The van der Waals surface area contributed by atoms with Crippen LogP contribution in [0.1, 0.15) is 5.56 Å². The first-order valence-electron chi connectivity index (χ1n) is 7.76. The molecule has 5 unspecified atom stereocenters. The second kappa shape index (κ2) is 7.66. The van der Waals surface area contributed by atoms with E-state index in [0.29, 0.717) is 0 Å². The van der Waals surface area contributed by atoms with Crippen LogP contribution >= 0.6 is 11.6 Å². The second-order valence-corrected chi connectivity index (χ2v) is 6.18. The average Bonchev–Trinajstić information content (AvgIpc) is 2.65. The fourth-order valence-electron chi connectivity index (χ4n) is 2.77. The number of halogens is 3. The zero-order chi connectivity index (χ0) is 19.9. The van der Waals surface area contributed by atoms with Crippen LogP contribution in [0.5, 0.6) is 5.75 Å². The van der Waals surface area contributed by atoms with Crippen LogP contribution in [0.4, 0.5) is 8.78 Å². The molecule has 0 radical (unpaired) electrons. The van der Waals surface area contributed by atoms with Gasteiger partial charge < -0.3 is 34.3 Å². The van der Waals surface area contributed by atoms with E-state index in [1.54, 1.807) is 0 Å². The number of hydrogen-bond acceptors (Lipinski definition) is 8. The zero-order valence-corrected chi connectivity index (χ0v) is 14.3. The lowest BCUT2D eigenvalue weighted by Gasteiger charge is -2.39. The first-order chi connectivity index (χ1) is 12.8. The summed E-state index contributed by atoms with van der Waals surface area (Å²) < 4.78 is 43.9. The molecule has 8 nitrogen and oxygen atoms in total. The van der Waals surface area contributed by atoms with Crippen LogP contribution in [-0.2, 0) is 10.6 Å². The molecule has 0 spiro atoms. The van der Waals surface area contributed by atoms with Gasteiger partial charge in [-0.25, -0.2) is 9.18 Å². The van der Waals surface area contributed by atoms with E-state index in [1.807, 2.05) is 0 Å². The number of alkyl halides is 1. The third kappa shape index (κ3) is 3.51. The molecule has 5 atom stereocenters. The quantitative estimate of drug-likeness (QED) is 0.410. The van der Waals surface area contributed by atoms with Gasteiger partial charge in [0.2, 0.25) is 12.1 Å². The van der Waals surface area contributed by atoms with Crippen molar-refractivity contribution in [2.24, 2.45) is 0 Å². The molecule has 27 heavy (non-hydrogen) atoms. The van der Waals surface area contributed by atoms with E-state index in [2.05, 4.69) is 0 Å². The third-order valence-electron chi connectivity index (χ3n) is 4.20. The highest BCUT2D eigenvalue weighted by Gasteiger charge is 2.45. The predicted octanol–water partition coefficient (Wildman–Crippen LogP) is -0.0113. The van der Waals surface area contributed by atoms with Gasteiger partial charge in [0.25, 0.3) is 0 Å². The number of aliphatic hydroxyl groups is 4. The summed E-state index contributed by atoms with van der Waals surface area (Å²) in [4.78, 5) is 11.5. The second-order valence-electron chi connectivity index (χ2n) is 5.92. The van der Waals surface area contributed by atoms with Gasteiger partial charge in [0.05, 0.1) is 6.61 Å². The number of ether oxygens (including phenoxy) is 2. The molecule has 4 N–H and O–H groups in total. The maximum atomic E-state index is 14.7. The average molecular weight is 409 g/mol. The van der Waals surface area contributed by atoms with Gasteiger partial charge in [0, 0.05) is 17.3 Å². The minimum Gasteiger partial charge on any atom is -0.456 e. The molecule has 2 aromatic rings. The van der Waals surface area contributed by atoms with Gasteiger partial charge >= 0.3 is 5.63 Å². The van der Waals surface area contributed by atoms with Crippen molar-refractivity contribution in [1.82, 2.24) is 0 Å². The number of aliphatic hydroxyl groups excluding tert-OH is 4. The Bertz CT molecular complexity index is 902. The van der Waals surface area contributed by atoms with Crippen molar-refractivity contribution in [3.8, 4) is 5.75 Å².